The largest absolute Gasteiger partial charge is 0.369 e. The molecule has 0 saturated carbocycles. The molecule has 1 aromatic carbocycles. The molecule has 1 unspecified atom stereocenters. The van der Waals surface area contributed by atoms with Crippen molar-refractivity contribution in [3.05, 3.63) is 36.5 Å². The van der Waals surface area contributed by atoms with E-state index in [1.807, 2.05) is 12.3 Å². The first-order valence-corrected chi connectivity index (χ1v) is 6.67. The molecular formula is C15H19N3. The number of fused-ring (bicyclic) bond motifs is 1. The van der Waals surface area contributed by atoms with E-state index >= 15 is 0 Å². The Morgan fingerprint density at radius 2 is 2.22 bits per heavy atom. The fourth-order valence-corrected chi connectivity index (χ4v) is 2.69. The predicted molar refractivity (Wildman–Crippen MR) is 76.0 cm³/mol. The van der Waals surface area contributed by atoms with Gasteiger partial charge in [-0.25, -0.2) is 0 Å². The third-order valence-corrected chi connectivity index (χ3v) is 3.56. The van der Waals surface area contributed by atoms with Gasteiger partial charge in [-0.3, -0.25) is 4.98 Å². The summed E-state index contributed by atoms with van der Waals surface area (Å²) >= 11 is 0. The molecule has 1 fully saturated rings. The van der Waals surface area contributed by atoms with Crippen LogP contribution in [0, 0.1) is 0 Å². The molecule has 3 rings (SSSR count). The van der Waals surface area contributed by atoms with Crippen molar-refractivity contribution in [2.75, 3.05) is 24.5 Å². The van der Waals surface area contributed by atoms with E-state index in [1.54, 1.807) is 0 Å². The molecule has 18 heavy (non-hydrogen) atoms. The van der Waals surface area contributed by atoms with Crippen molar-refractivity contribution in [2.45, 2.75) is 19.4 Å². The quantitative estimate of drug-likeness (QED) is 0.831. The Bertz CT molecular complexity index is 533. The summed E-state index contributed by atoms with van der Waals surface area (Å²) in [4.78, 5) is 6.92. The van der Waals surface area contributed by atoms with E-state index in [0.29, 0.717) is 6.04 Å². The van der Waals surface area contributed by atoms with Crippen LogP contribution in [-0.2, 0) is 0 Å². The summed E-state index contributed by atoms with van der Waals surface area (Å²) in [5.74, 6) is 0. The van der Waals surface area contributed by atoms with E-state index in [9.17, 15) is 0 Å². The third-order valence-electron chi connectivity index (χ3n) is 3.56. The first-order valence-electron chi connectivity index (χ1n) is 6.67. The van der Waals surface area contributed by atoms with Crippen LogP contribution >= 0.6 is 0 Å². The van der Waals surface area contributed by atoms with Crippen LogP contribution in [0.25, 0.3) is 10.9 Å². The minimum atomic E-state index is 0.541. The van der Waals surface area contributed by atoms with E-state index < -0.39 is 0 Å². The lowest BCUT2D eigenvalue weighted by molar-refractivity contribution is 0.585. The fraction of sp³-hybridized carbons (Fsp3) is 0.400. The lowest BCUT2D eigenvalue weighted by atomic mass is 10.1. The van der Waals surface area contributed by atoms with Crippen molar-refractivity contribution in [3.63, 3.8) is 0 Å². The number of nitrogens with one attached hydrogen (secondary N) is 1. The second-order valence-electron chi connectivity index (χ2n) is 5.00. The predicted octanol–water partition coefficient (Wildman–Crippen LogP) is 2.42. The molecule has 1 aliphatic rings. The summed E-state index contributed by atoms with van der Waals surface area (Å²) in [6.45, 7) is 5.54. The maximum atomic E-state index is 4.44. The standard InChI is InChI=1S/C15H19N3/c1-12-11-18(10-4-9-16-12)15-7-2-6-14-13(15)5-3-8-17-14/h2-3,5-8,12,16H,4,9-11H2,1H3. The fourth-order valence-electron chi connectivity index (χ4n) is 2.69. The number of rotatable bonds is 1. The average Bonchev–Trinajstić information content (AvgIpc) is 2.63. The normalized spacial score (nSPS) is 20.9. The maximum absolute atomic E-state index is 4.44. The Balaban J connectivity index is 2.02. The van der Waals surface area contributed by atoms with E-state index in [2.05, 4.69) is 46.4 Å². The van der Waals surface area contributed by atoms with Crippen molar-refractivity contribution < 1.29 is 0 Å². The Morgan fingerprint density at radius 3 is 3.17 bits per heavy atom. The highest BCUT2D eigenvalue weighted by atomic mass is 15.2. The second kappa shape index (κ2) is 4.94. The Hall–Kier alpha value is -1.61. The Labute approximate surface area is 108 Å². The Morgan fingerprint density at radius 1 is 1.28 bits per heavy atom. The molecule has 2 heterocycles. The molecule has 0 bridgehead atoms. The van der Waals surface area contributed by atoms with E-state index in [0.717, 1.165) is 25.2 Å². The zero-order valence-corrected chi connectivity index (χ0v) is 10.8. The second-order valence-corrected chi connectivity index (χ2v) is 5.00. The number of hydrogen-bond donors (Lipinski definition) is 1. The highest BCUT2D eigenvalue weighted by Crippen LogP contribution is 2.26. The van der Waals surface area contributed by atoms with Gasteiger partial charge in [0.15, 0.2) is 0 Å². The molecule has 1 N–H and O–H groups in total. The number of anilines is 1. The number of aromatic nitrogens is 1. The van der Waals surface area contributed by atoms with Gasteiger partial charge in [-0.15, -0.1) is 0 Å². The Kier molecular flexibility index (Phi) is 3.15. The minimum absolute atomic E-state index is 0.541. The van der Waals surface area contributed by atoms with Crippen LogP contribution in [0.2, 0.25) is 0 Å². The maximum Gasteiger partial charge on any atom is 0.0722 e. The number of hydrogen-bond acceptors (Lipinski definition) is 3. The molecule has 1 atom stereocenters. The van der Waals surface area contributed by atoms with Gasteiger partial charge < -0.3 is 10.2 Å². The zero-order chi connectivity index (χ0) is 12.4. The van der Waals surface area contributed by atoms with Gasteiger partial charge in [-0.05, 0) is 44.2 Å². The van der Waals surface area contributed by atoms with Crippen molar-refractivity contribution in [1.82, 2.24) is 10.3 Å². The molecule has 2 aromatic rings. The van der Waals surface area contributed by atoms with E-state index in [4.69, 9.17) is 0 Å². The summed E-state index contributed by atoms with van der Waals surface area (Å²) in [6, 6.07) is 11.1. The molecule has 0 aliphatic carbocycles. The number of pyridine rings is 1. The average molecular weight is 241 g/mol. The highest BCUT2D eigenvalue weighted by Gasteiger charge is 2.16. The SMILES string of the molecule is CC1CN(c2cccc3ncccc23)CCCN1. The van der Waals surface area contributed by atoms with E-state index in [1.165, 1.54) is 17.5 Å². The van der Waals surface area contributed by atoms with Crippen LogP contribution in [-0.4, -0.2) is 30.7 Å². The smallest absolute Gasteiger partial charge is 0.0722 e. The zero-order valence-electron chi connectivity index (χ0n) is 10.8. The summed E-state index contributed by atoms with van der Waals surface area (Å²) in [7, 11) is 0. The van der Waals surface area contributed by atoms with Crippen molar-refractivity contribution in [2.24, 2.45) is 0 Å². The van der Waals surface area contributed by atoms with Crippen LogP contribution in [0.1, 0.15) is 13.3 Å². The highest BCUT2D eigenvalue weighted by molar-refractivity contribution is 5.91. The van der Waals surface area contributed by atoms with Gasteiger partial charge in [-0.2, -0.15) is 0 Å². The topological polar surface area (TPSA) is 28.2 Å². The lowest BCUT2D eigenvalue weighted by Crippen LogP contribution is -2.35. The molecular weight excluding hydrogens is 222 g/mol. The monoisotopic (exact) mass is 241 g/mol. The van der Waals surface area contributed by atoms with Gasteiger partial charge >= 0.3 is 0 Å². The number of benzene rings is 1. The molecule has 3 heteroatoms. The van der Waals surface area contributed by atoms with Crippen LogP contribution in [0.15, 0.2) is 36.5 Å². The van der Waals surface area contributed by atoms with Crippen molar-refractivity contribution in [1.29, 1.82) is 0 Å². The van der Waals surface area contributed by atoms with Crippen LogP contribution in [0.4, 0.5) is 5.69 Å². The van der Waals surface area contributed by atoms with Gasteiger partial charge in [0.2, 0.25) is 0 Å². The van der Waals surface area contributed by atoms with Crippen LogP contribution in [0.5, 0.6) is 0 Å². The van der Waals surface area contributed by atoms with Gasteiger partial charge in [0.05, 0.1) is 5.52 Å². The van der Waals surface area contributed by atoms with Crippen LogP contribution < -0.4 is 10.2 Å². The third kappa shape index (κ3) is 2.18. The summed E-state index contributed by atoms with van der Waals surface area (Å²) in [5, 5.41) is 4.79. The van der Waals surface area contributed by atoms with Gasteiger partial charge in [0.25, 0.3) is 0 Å². The molecule has 94 valence electrons. The molecule has 0 spiro atoms. The van der Waals surface area contributed by atoms with E-state index in [-0.39, 0.29) is 0 Å². The van der Waals surface area contributed by atoms with Crippen LogP contribution in [0.3, 0.4) is 0 Å². The summed E-state index contributed by atoms with van der Waals surface area (Å²) in [6.07, 6.45) is 3.06. The minimum Gasteiger partial charge on any atom is -0.369 e. The molecule has 1 saturated heterocycles. The number of nitrogens with zero attached hydrogens (tertiary/aromatic N) is 2. The summed E-state index contributed by atoms with van der Waals surface area (Å²) < 4.78 is 0. The van der Waals surface area contributed by atoms with Gasteiger partial charge in [0.1, 0.15) is 0 Å². The molecule has 3 nitrogen and oxygen atoms in total. The lowest BCUT2D eigenvalue weighted by Gasteiger charge is -2.26. The molecule has 0 radical (unpaired) electrons. The summed E-state index contributed by atoms with van der Waals surface area (Å²) in [5.41, 5.74) is 2.40. The van der Waals surface area contributed by atoms with Gasteiger partial charge in [0, 0.05) is 36.4 Å². The van der Waals surface area contributed by atoms with Gasteiger partial charge in [-0.1, -0.05) is 6.07 Å². The van der Waals surface area contributed by atoms with Crippen molar-refractivity contribution in [3.8, 4) is 0 Å². The molecule has 0 amide bonds. The van der Waals surface area contributed by atoms with Crippen molar-refractivity contribution >= 4 is 16.6 Å². The first kappa shape index (κ1) is 11.5. The first-order chi connectivity index (χ1) is 8.84. The molecule has 1 aliphatic heterocycles. The molecule has 1 aromatic heterocycles.